The van der Waals surface area contributed by atoms with Crippen molar-refractivity contribution < 1.29 is 65.6 Å². The molecule has 0 heterocycles. The van der Waals surface area contributed by atoms with Gasteiger partial charge in [0.15, 0.2) is 0 Å². The van der Waals surface area contributed by atoms with Crippen LogP contribution in [-0.4, -0.2) is 80.1 Å². The first-order chi connectivity index (χ1) is 31.6. The molecule has 21 heteroatoms. The zero-order valence-electron chi connectivity index (χ0n) is 37.4. The molecule has 0 unspecified atom stereocenters. The van der Waals surface area contributed by atoms with Gasteiger partial charge in [0.1, 0.15) is 11.5 Å². The molecule has 4 N–H and O–H groups in total. The predicted molar refractivity (Wildman–Crippen MR) is 250 cm³/mol. The van der Waals surface area contributed by atoms with Crippen LogP contribution in [0.2, 0.25) is 10.0 Å². The Morgan fingerprint density at radius 3 is 1.25 bits per heavy atom. The number of hydrogen-bond donors (Lipinski definition) is 4. The summed E-state index contributed by atoms with van der Waals surface area (Å²) >= 11 is 11.9. The molecule has 0 bridgehead atoms. The molecule has 0 saturated heterocycles. The van der Waals surface area contributed by atoms with Crippen LogP contribution >= 0.6 is 23.2 Å². The fraction of sp³-hybridized carbons (Fsp3) is 0.391. The normalized spacial score (nSPS) is 14.9. The van der Waals surface area contributed by atoms with Crippen molar-refractivity contribution in [3.05, 3.63) is 117 Å². The van der Waals surface area contributed by atoms with E-state index in [1.54, 1.807) is 48.5 Å². The summed E-state index contributed by atoms with van der Waals surface area (Å²) in [7, 11) is -5.05. The van der Waals surface area contributed by atoms with E-state index in [1.165, 1.54) is 50.6 Å². The Morgan fingerprint density at radius 2 is 0.925 bits per heavy atom. The first kappa shape index (κ1) is 54.7. The zero-order valence-corrected chi connectivity index (χ0v) is 43.5. The van der Waals surface area contributed by atoms with Gasteiger partial charge in [0, 0.05) is 23.1 Å². The van der Waals surface area contributed by atoms with E-state index in [9.17, 15) is 36.6 Å². The maximum absolute atomic E-state index is 12.5. The number of halogens is 2. The Morgan fingerprint density at radius 1 is 0.582 bits per heavy atom. The number of aliphatic imine (C=N–C) groups is 2. The molecule has 2 saturated carbocycles. The second kappa shape index (κ2) is 26.6. The molecular weight excluding hydrogens is 997 g/mol. The van der Waals surface area contributed by atoms with Crippen LogP contribution in [0.1, 0.15) is 96.1 Å². The minimum absolute atomic E-state index is 0. The van der Waals surface area contributed by atoms with Gasteiger partial charge in [-0.25, -0.2) is 16.8 Å². The fourth-order valence-corrected chi connectivity index (χ4v) is 9.50. The standard InChI is InChI=1S/2C23H28ClN3O5S.Zn/c2*1-32-21-12-9-17(24)15-20(21)22(28)25-14-13-16-7-10-19(11-8-16)33(30,31)27-23(29)26-18-5-3-2-4-6-18;/h2*7-12,15,18H,2-6,13-14H2,1H3,(H,25,28)(H2,26,27,29);/q;;+2/p-2. The van der Waals surface area contributed by atoms with Crippen molar-refractivity contribution in [3.8, 4) is 11.5 Å². The molecule has 0 spiro atoms. The molecule has 2 aliphatic rings. The van der Waals surface area contributed by atoms with E-state index in [1.807, 2.05) is 9.44 Å². The second-order valence-electron chi connectivity index (χ2n) is 15.7. The van der Waals surface area contributed by atoms with Gasteiger partial charge in [0.25, 0.3) is 31.9 Å². The topological polar surface area (TPSA) is 240 Å². The average molecular weight is 1050 g/mol. The van der Waals surface area contributed by atoms with Crippen molar-refractivity contribution in [3.63, 3.8) is 0 Å². The number of amides is 2. The summed E-state index contributed by atoms with van der Waals surface area (Å²) in [6.07, 6.45) is 10.5. The first-order valence-electron chi connectivity index (χ1n) is 21.5. The van der Waals surface area contributed by atoms with Gasteiger partial charge in [-0.15, -0.1) is 0 Å². The van der Waals surface area contributed by atoms with Crippen LogP contribution in [0.3, 0.4) is 0 Å². The molecule has 0 radical (unpaired) electrons. The minimum atomic E-state index is -4.00. The fourth-order valence-electron chi connectivity index (χ4n) is 7.37. The van der Waals surface area contributed by atoms with Gasteiger partial charge in [-0.05, 0) is 110 Å². The summed E-state index contributed by atoms with van der Waals surface area (Å²) in [4.78, 5) is 32.7. The molecular formula is C46H54Cl2N6O10S2Zn. The van der Waals surface area contributed by atoms with Crippen LogP contribution in [-0.2, 0) is 52.4 Å². The molecule has 356 valence electrons. The van der Waals surface area contributed by atoms with Gasteiger partial charge in [0.2, 0.25) is 0 Å². The van der Waals surface area contributed by atoms with Crippen LogP contribution in [0.25, 0.3) is 0 Å². The average Bonchev–Trinajstić information content (AvgIpc) is 3.29. The van der Waals surface area contributed by atoms with E-state index in [2.05, 4.69) is 20.6 Å². The molecule has 6 rings (SSSR count). The smallest absolute Gasteiger partial charge is 0.846 e. The van der Waals surface area contributed by atoms with Crippen molar-refractivity contribution in [2.75, 3.05) is 27.3 Å². The van der Waals surface area contributed by atoms with E-state index in [0.29, 0.717) is 58.6 Å². The van der Waals surface area contributed by atoms with E-state index in [4.69, 9.17) is 32.7 Å². The Balaban J connectivity index is 0.000000288. The second-order valence-corrected chi connectivity index (χ2v) is 19.9. The van der Waals surface area contributed by atoms with Crippen molar-refractivity contribution in [2.24, 2.45) is 9.98 Å². The van der Waals surface area contributed by atoms with Crippen LogP contribution < -0.4 is 39.8 Å². The van der Waals surface area contributed by atoms with Gasteiger partial charge in [-0.3, -0.25) is 29.0 Å². The van der Waals surface area contributed by atoms with Crippen LogP contribution in [0, 0.1) is 0 Å². The van der Waals surface area contributed by atoms with E-state index >= 15 is 0 Å². The number of ether oxygens (including phenoxy) is 2. The van der Waals surface area contributed by atoms with E-state index in [-0.39, 0.29) is 53.2 Å². The van der Waals surface area contributed by atoms with Crippen LogP contribution in [0.4, 0.5) is 0 Å². The third kappa shape index (κ3) is 17.3. The van der Waals surface area contributed by atoms with Crippen molar-refractivity contribution in [1.82, 2.24) is 20.1 Å². The largest absolute Gasteiger partial charge is 2.00 e. The van der Waals surface area contributed by atoms with E-state index < -0.39 is 32.1 Å². The molecule has 2 aliphatic carbocycles. The molecule has 2 amide bonds. The maximum Gasteiger partial charge on any atom is 2.00 e. The molecule has 4 aromatic carbocycles. The zero-order chi connectivity index (χ0) is 47.7. The van der Waals surface area contributed by atoms with Gasteiger partial charge in [0.05, 0.1) is 59.3 Å². The van der Waals surface area contributed by atoms with Gasteiger partial charge < -0.3 is 30.3 Å². The van der Waals surface area contributed by atoms with E-state index in [0.717, 1.165) is 75.3 Å². The Bertz CT molecular complexity index is 2380. The minimum Gasteiger partial charge on any atom is -0.846 e. The Hall–Kier alpha value is -4.94. The van der Waals surface area contributed by atoms with Gasteiger partial charge >= 0.3 is 19.5 Å². The summed E-state index contributed by atoms with van der Waals surface area (Å²) in [5.41, 5.74) is 2.32. The number of carbonyl (C=O) groups is 2. The number of amidine groups is 2. The van der Waals surface area contributed by atoms with Crippen LogP contribution in [0.15, 0.2) is 105 Å². The number of rotatable bonds is 16. The molecule has 0 aliphatic heterocycles. The molecule has 4 aromatic rings. The predicted octanol–water partition coefficient (Wildman–Crippen LogP) is 5.29. The number of hydrogen-bond acceptors (Lipinski definition) is 12. The maximum atomic E-state index is 12.5. The third-order valence-corrected chi connectivity index (χ3v) is 14.0. The van der Waals surface area contributed by atoms with Crippen molar-refractivity contribution in [1.29, 1.82) is 0 Å². The quantitative estimate of drug-likeness (QED) is 0.0642. The molecule has 67 heavy (non-hydrogen) atoms. The summed E-state index contributed by atoms with van der Waals surface area (Å²) in [5, 5.41) is 30.5. The molecule has 16 nitrogen and oxygen atoms in total. The van der Waals surface area contributed by atoms with Crippen molar-refractivity contribution in [2.45, 2.75) is 98.9 Å². The van der Waals surface area contributed by atoms with Crippen molar-refractivity contribution >= 4 is 67.1 Å². The summed E-state index contributed by atoms with van der Waals surface area (Å²) < 4.78 is 64.3. The first-order valence-corrected chi connectivity index (χ1v) is 25.3. The number of sulfonamides is 2. The molecule has 2 fully saturated rings. The number of methoxy groups -OCH3 is 2. The summed E-state index contributed by atoms with van der Waals surface area (Å²) in [5.74, 6) is 0.198. The Kier molecular flexibility index (Phi) is 21.7. The molecule has 0 atom stereocenters. The number of benzene rings is 4. The summed E-state index contributed by atoms with van der Waals surface area (Å²) in [6, 6.07) is 20.0. The van der Waals surface area contributed by atoms with Crippen LogP contribution in [0.5, 0.6) is 11.5 Å². The monoisotopic (exact) mass is 1050 g/mol. The van der Waals surface area contributed by atoms with Gasteiger partial charge in [-0.1, -0.05) is 86.0 Å². The summed E-state index contributed by atoms with van der Waals surface area (Å²) in [6.45, 7) is 0.662. The number of nitrogens with one attached hydrogen (secondary N) is 4. The SMILES string of the molecule is COc1ccc(Cl)cc1C(=O)NCCc1ccc(S(=O)(=O)NC([O-])=NC2CCCCC2)cc1.COc1ccc(Cl)cc1C(=O)NCCc1ccc(S(=O)(=O)NC([O-])=NC2CCCCC2)cc1.[Zn+2]. The van der Waals surface area contributed by atoms with Gasteiger partial charge in [-0.2, -0.15) is 0 Å². The number of carbonyl (C=O) groups excluding carboxylic acids is 2. The molecule has 0 aromatic heterocycles. The third-order valence-electron chi connectivity index (χ3n) is 10.9. The Labute approximate surface area is 415 Å². The number of nitrogens with zero attached hydrogens (tertiary/aromatic N) is 2.